The van der Waals surface area contributed by atoms with Gasteiger partial charge in [-0.15, -0.1) is 0 Å². The first-order valence-electron chi connectivity index (χ1n) is 5.06. The average molecular weight is 243 g/mol. The van der Waals surface area contributed by atoms with Gasteiger partial charge in [0.15, 0.2) is 17.4 Å². The van der Waals surface area contributed by atoms with E-state index < -0.39 is 23.4 Å². The molecule has 92 valence electrons. The van der Waals surface area contributed by atoms with Gasteiger partial charge in [0.05, 0.1) is 12.7 Å². The van der Waals surface area contributed by atoms with Gasteiger partial charge in [-0.3, -0.25) is 0 Å². The van der Waals surface area contributed by atoms with E-state index in [2.05, 4.69) is 10.1 Å². The molecule has 1 saturated heterocycles. The summed E-state index contributed by atoms with van der Waals surface area (Å²) in [6, 6.07) is 1.80. The van der Waals surface area contributed by atoms with E-state index >= 15 is 0 Å². The fourth-order valence-electron chi connectivity index (χ4n) is 1.42. The second-order valence-electron chi connectivity index (χ2n) is 3.66. The number of hydrogen-bond donors (Lipinski definition) is 1. The molecule has 0 bridgehead atoms. The lowest BCUT2D eigenvalue weighted by Crippen LogP contribution is -2.50. The van der Waals surface area contributed by atoms with Gasteiger partial charge in [-0.1, -0.05) is 0 Å². The molecule has 1 aromatic carbocycles. The van der Waals surface area contributed by atoms with Crippen molar-refractivity contribution >= 4 is 5.97 Å². The Bertz CT molecular complexity index is 423. The number of methoxy groups -OCH3 is 1. The third-order valence-corrected chi connectivity index (χ3v) is 2.45. The van der Waals surface area contributed by atoms with Crippen LogP contribution in [0.2, 0.25) is 0 Å². The van der Waals surface area contributed by atoms with Crippen molar-refractivity contribution in [3.05, 3.63) is 29.3 Å². The molecule has 1 fully saturated rings. The largest absolute Gasteiger partial charge is 0.482 e. The predicted molar refractivity (Wildman–Crippen MR) is 55.0 cm³/mol. The molecule has 0 aromatic heterocycles. The normalized spacial score (nSPS) is 15.2. The SMILES string of the molecule is COC(=O)c1cc(F)c(OC2CNC2)c(F)c1. The summed E-state index contributed by atoms with van der Waals surface area (Å²) < 4.78 is 36.6. The lowest BCUT2D eigenvalue weighted by Gasteiger charge is -2.28. The maximum Gasteiger partial charge on any atom is 0.338 e. The molecule has 1 aliphatic rings. The molecular formula is C11H11F2NO3. The molecule has 0 spiro atoms. The second kappa shape index (κ2) is 4.67. The van der Waals surface area contributed by atoms with Gasteiger partial charge >= 0.3 is 5.97 Å². The van der Waals surface area contributed by atoms with Gasteiger partial charge < -0.3 is 14.8 Å². The Morgan fingerprint density at radius 3 is 2.35 bits per heavy atom. The van der Waals surface area contributed by atoms with E-state index in [0.717, 1.165) is 19.2 Å². The lowest BCUT2D eigenvalue weighted by molar-refractivity contribution is 0.0599. The summed E-state index contributed by atoms with van der Waals surface area (Å²) in [4.78, 5) is 11.1. The molecular weight excluding hydrogens is 232 g/mol. The molecule has 6 heteroatoms. The Balaban J connectivity index is 2.24. The summed E-state index contributed by atoms with van der Waals surface area (Å²) >= 11 is 0. The molecule has 4 nitrogen and oxygen atoms in total. The third kappa shape index (κ3) is 2.36. The topological polar surface area (TPSA) is 47.6 Å². The average Bonchev–Trinajstić information content (AvgIpc) is 2.24. The molecule has 17 heavy (non-hydrogen) atoms. The molecule has 0 aliphatic carbocycles. The fourth-order valence-corrected chi connectivity index (χ4v) is 1.42. The van der Waals surface area contributed by atoms with Gasteiger partial charge in [0.1, 0.15) is 6.10 Å². The van der Waals surface area contributed by atoms with Gasteiger partial charge in [0.25, 0.3) is 0 Å². The van der Waals surface area contributed by atoms with Crippen molar-refractivity contribution in [1.82, 2.24) is 5.32 Å². The highest BCUT2D eigenvalue weighted by Gasteiger charge is 2.23. The number of carbonyl (C=O) groups is 1. The van der Waals surface area contributed by atoms with Gasteiger partial charge in [-0.05, 0) is 12.1 Å². The van der Waals surface area contributed by atoms with E-state index in [-0.39, 0.29) is 11.7 Å². The quantitative estimate of drug-likeness (QED) is 0.808. The molecule has 0 atom stereocenters. The number of benzene rings is 1. The van der Waals surface area contributed by atoms with Crippen LogP contribution in [0.3, 0.4) is 0 Å². The summed E-state index contributed by atoms with van der Waals surface area (Å²) in [7, 11) is 1.14. The molecule has 2 rings (SSSR count). The van der Waals surface area contributed by atoms with Crippen molar-refractivity contribution in [3.63, 3.8) is 0 Å². The van der Waals surface area contributed by atoms with Crippen molar-refractivity contribution in [2.24, 2.45) is 0 Å². The number of rotatable bonds is 3. The van der Waals surface area contributed by atoms with E-state index in [1.807, 2.05) is 0 Å². The molecule has 0 amide bonds. The van der Waals surface area contributed by atoms with Crippen molar-refractivity contribution in [2.45, 2.75) is 6.10 Å². The fraction of sp³-hybridized carbons (Fsp3) is 0.364. The van der Waals surface area contributed by atoms with Crippen molar-refractivity contribution in [3.8, 4) is 5.75 Å². The highest BCUT2D eigenvalue weighted by atomic mass is 19.1. The molecule has 1 aliphatic heterocycles. The minimum atomic E-state index is -0.905. The Hall–Kier alpha value is -1.69. The van der Waals surface area contributed by atoms with E-state index in [4.69, 9.17) is 4.74 Å². The van der Waals surface area contributed by atoms with Gasteiger partial charge in [0, 0.05) is 13.1 Å². The molecule has 0 radical (unpaired) electrons. The van der Waals surface area contributed by atoms with Crippen LogP contribution in [0.5, 0.6) is 5.75 Å². The monoisotopic (exact) mass is 243 g/mol. The number of hydrogen-bond acceptors (Lipinski definition) is 4. The first-order valence-corrected chi connectivity index (χ1v) is 5.06. The predicted octanol–water partition coefficient (Wildman–Crippen LogP) is 1.10. The van der Waals surface area contributed by atoms with Crippen molar-refractivity contribution in [1.29, 1.82) is 0 Å². The Morgan fingerprint density at radius 1 is 1.35 bits per heavy atom. The van der Waals surface area contributed by atoms with Gasteiger partial charge in [-0.25, -0.2) is 13.6 Å². The highest BCUT2D eigenvalue weighted by molar-refractivity contribution is 5.89. The van der Waals surface area contributed by atoms with Crippen molar-refractivity contribution in [2.75, 3.05) is 20.2 Å². The zero-order valence-electron chi connectivity index (χ0n) is 9.13. The maximum atomic E-state index is 13.5. The van der Waals surface area contributed by atoms with E-state index in [1.54, 1.807) is 0 Å². The van der Waals surface area contributed by atoms with E-state index in [1.165, 1.54) is 0 Å². The van der Waals surface area contributed by atoms with Crippen LogP contribution >= 0.6 is 0 Å². The van der Waals surface area contributed by atoms with Crippen LogP contribution in [0.1, 0.15) is 10.4 Å². The number of esters is 1. The standard InChI is InChI=1S/C11H11F2NO3/c1-16-11(15)6-2-8(12)10(9(13)3-6)17-7-4-14-5-7/h2-3,7,14H,4-5H2,1H3. The minimum Gasteiger partial charge on any atom is -0.482 e. The summed E-state index contributed by atoms with van der Waals surface area (Å²) in [5.41, 5.74) is -0.179. The maximum absolute atomic E-state index is 13.5. The zero-order chi connectivity index (χ0) is 12.4. The number of carbonyl (C=O) groups excluding carboxylic acids is 1. The molecule has 1 heterocycles. The lowest BCUT2D eigenvalue weighted by atomic mass is 10.2. The van der Waals surface area contributed by atoms with Crippen LogP contribution in [-0.4, -0.2) is 32.3 Å². The van der Waals surface area contributed by atoms with Crippen LogP contribution < -0.4 is 10.1 Å². The number of ether oxygens (including phenoxy) is 2. The number of halogens is 2. The molecule has 0 saturated carbocycles. The van der Waals surface area contributed by atoms with Crippen LogP contribution in [0, 0.1) is 11.6 Å². The van der Waals surface area contributed by atoms with Crippen LogP contribution in [0.4, 0.5) is 8.78 Å². The first kappa shape index (κ1) is 11.8. The van der Waals surface area contributed by atoms with Crippen LogP contribution in [0.25, 0.3) is 0 Å². The molecule has 0 unspecified atom stereocenters. The van der Waals surface area contributed by atoms with Gasteiger partial charge in [0.2, 0.25) is 0 Å². The van der Waals surface area contributed by atoms with E-state index in [0.29, 0.717) is 13.1 Å². The smallest absolute Gasteiger partial charge is 0.338 e. The molecule has 1 aromatic rings. The number of nitrogens with one attached hydrogen (secondary N) is 1. The first-order chi connectivity index (χ1) is 8.11. The minimum absolute atomic E-state index is 0.179. The zero-order valence-corrected chi connectivity index (χ0v) is 9.13. The van der Waals surface area contributed by atoms with Gasteiger partial charge in [-0.2, -0.15) is 0 Å². The van der Waals surface area contributed by atoms with Crippen LogP contribution in [0.15, 0.2) is 12.1 Å². The Labute approximate surface area is 96.5 Å². The second-order valence-corrected chi connectivity index (χ2v) is 3.66. The Kier molecular flexibility index (Phi) is 3.23. The van der Waals surface area contributed by atoms with Crippen LogP contribution in [-0.2, 0) is 4.74 Å². The highest BCUT2D eigenvalue weighted by Crippen LogP contribution is 2.25. The summed E-state index contributed by atoms with van der Waals surface area (Å²) in [5, 5.41) is 2.92. The summed E-state index contributed by atoms with van der Waals surface area (Å²) in [5.74, 6) is -3.06. The summed E-state index contributed by atoms with van der Waals surface area (Å²) in [6.07, 6.45) is -0.233. The van der Waals surface area contributed by atoms with E-state index in [9.17, 15) is 13.6 Å². The third-order valence-electron chi connectivity index (χ3n) is 2.45. The van der Waals surface area contributed by atoms with Crippen molar-refractivity contribution < 1.29 is 23.0 Å². The summed E-state index contributed by atoms with van der Waals surface area (Å²) in [6.45, 7) is 1.11. The molecule has 1 N–H and O–H groups in total. The Morgan fingerprint density at radius 2 is 1.94 bits per heavy atom.